The summed E-state index contributed by atoms with van der Waals surface area (Å²) >= 11 is 1.72. The van der Waals surface area contributed by atoms with Crippen LogP contribution in [0.4, 0.5) is 9.32 Å². The molecule has 2 aromatic rings. The summed E-state index contributed by atoms with van der Waals surface area (Å²) in [6.45, 7) is 5.37. The van der Waals surface area contributed by atoms with Gasteiger partial charge in [0.25, 0.3) is 0 Å². The van der Waals surface area contributed by atoms with Crippen molar-refractivity contribution >= 4 is 33.5 Å². The van der Waals surface area contributed by atoms with Crippen LogP contribution in [0.2, 0.25) is 0 Å². The van der Waals surface area contributed by atoms with E-state index >= 15 is 0 Å². The Morgan fingerprint density at radius 3 is 2.82 bits per heavy atom. The Kier molecular flexibility index (Phi) is 9.16. The molecule has 1 unspecified atom stereocenters. The first-order valence-electron chi connectivity index (χ1n) is 9.34. The van der Waals surface area contributed by atoms with Crippen LogP contribution < -0.4 is 0 Å². The van der Waals surface area contributed by atoms with Crippen LogP contribution in [0, 0.1) is 0 Å². The highest BCUT2D eigenvalue weighted by Gasteiger charge is 2.16. The predicted octanol–water partition coefficient (Wildman–Crippen LogP) is 4.52. The second-order valence-electron chi connectivity index (χ2n) is 6.42. The third kappa shape index (κ3) is 7.09. The van der Waals surface area contributed by atoms with E-state index in [2.05, 4.69) is 39.3 Å². The van der Waals surface area contributed by atoms with E-state index in [1.165, 1.54) is 15.6 Å². The Morgan fingerprint density at radius 2 is 2.07 bits per heavy atom. The van der Waals surface area contributed by atoms with Crippen molar-refractivity contribution in [1.29, 1.82) is 0 Å². The van der Waals surface area contributed by atoms with Crippen molar-refractivity contribution in [1.82, 2.24) is 4.90 Å². The lowest BCUT2D eigenvalue weighted by Gasteiger charge is -2.22. The van der Waals surface area contributed by atoms with Crippen LogP contribution in [0.3, 0.4) is 0 Å². The molecule has 28 heavy (non-hydrogen) atoms. The Bertz CT molecular complexity index is 766. The molecule has 1 aromatic carbocycles. The topological polar surface area (TPSA) is 65.1 Å². The van der Waals surface area contributed by atoms with E-state index in [4.69, 9.17) is 4.74 Å². The average molecular weight is 411 g/mol. The fourth-order valence-corrected chi connectivity index (χ4v) is 3.59. The van der Waals surface area contributed by atoms with E-state index < -0.39 is 12.3 Å². The summed E-state index contributed by atoms with van der Waals surface area (Å²) in [5.74, 6) is -0.0255. The molecule has 0 aliphatic carbocycles. The number of amides is 1. The molecule has 0 aliphatic rings. The normalized spacial score (nSPS) is 12.0. The molecule has 0 bridgehead atoms. The molecule has 0 spiro atoms. The molecule has 8 heteroatoms. The van der Waals surface area contributed by atoms with E-state index in [0.717, 1.165) is 6.42 Å². The first-order valence-corrected chi connectivity index (χ1v) is 10.2. The van der Waals surface area contributed by atoms with Crippen LogP contribution in [0.15, 0.2) is 29.6 Å². The summed E-state index contributed by atoms with van der Waals surface area (Å²) in [6.07, 6.45) is -0.410. The highest BCUT2D eigenvalue weighted by Crippen LogP contribution is 2.21. The molecule has 0 radical (unpaired) electrons. The Balaban J connectivity index is 1.63. The predicted molar refractivity (Wildman–Crippen MR) is 106 cm³/mol. The number of thiophene rings is 1. The first-order chi connectivity index (χ1) is 13.5. The molecule has 0 saturated heterocycles. The fourth-order valence-electron chi connectivity index (χ4n) is 2.82. The molecule has 0 N–H and O–H groups in total. The lowest BCUT2D eigenvalue weighted by Crippen LogP contribution is -2.34. The number of halogens is 1. The lowest BCUT2D eigenvalue weighted by atomic mass is 10.1. The Hall–Kier alpha value is -2.19. The van der Waals surface area contributed by atoms with E-state index in [-0.39, 0.29) is 5.91 Å². The van der Waals surface area contributed by atoms with Gasteiger partial charge < -0.3 is 14.4 Å². The molecular formula is C20H26FNO5S. The summed E-state index contributed by atoms with van der Waals surface area (Å²) in [6, 6.07) is 8.50. The Morgan fingerprint density at radius 1 is 1.25 bits per heavy atom. The maximum atomic E-state index is 12.3. The van der Waals surface area contributed by atoms with Crippen molar-refractivity contribution in [3.63, 3.8) is 0 Å². The average Bonchev–Trinajstić information content (AvgIpc) is 3.15. The molecule has 0 saturated carbocycles. The Labute approximate surface area is 168 Å². The number of fused-ring (bicyclic) bond motifs is 1. The van der Waals surface area contributed by atoms with Gasteiger partial charge in [-0.1, -0.05) is 12.1 Å². The highest BCUT2D eigenvalue weighted by molar-refractivity contribution is 7.17. The second kappa shape index (κ2) is 11.6. The molecular weight excluding hydrogens is 385 g/mol. The van der Waals surface area contributed by atoms with E-state index in [0.29, 0.717) is 39.1 Å². The van der Waals surface area contributed by atoms with Gasteiger partial charge in [0.15, 0.2) is 0 Å². The van der Waals surface area contributed by atoms with Crippen molar-refractivity contribution < 1.29 is 28.5 Å². The largest absolute Gasteiger partial charge is 0.545 e. The number of rotatable bonds is 11. The molecule has 6 nitrogen and oxygen atoms in total. The number of nitrogens with zero attached hydrogens (tertiary/aromatic N) is 1. The summed E-state index contributed by atoms with van der Waals surface area (Å²) in [5.41, 5.74) is 1.22. The van der Waals surface area contributed by atoms with Gasteiger partial charge >= 0.3 is 6.16 Å². The van der Waals surface area contributed by atoms with Crippen molar-refractivity contribution in [2.45, 2.75) is 39.2 Å². The van der Waals surface area contributed by atoms with E-state index in [1.807, 2.05) is 6.92 Å². The molecule has 1 atom stereocenters. The molecule has 1 aromatic heterocycles. The smallest absolute Gasteiger partial charge is 0.429 e. The van der Waals surface area contributed by atoms with Gasteiger partial charge in [-0.15, -0.1) is 11.3 Å². The number of carbonyl (C=O) groups is 2. The summed E-state index contributed by atoms with van der Waals surface area (Å²) in [7, 11) is 0. The molecule has 2 rings (SSSR count). The van der Waals surface area contributed by atoms with Gasteiger partial charge in [0, 0.05) is 28.7 Å². The molecule has 0 fully saturated rings. The van der Waals surface area contributed by atoms with E-state index in [1.54, 1.807) is 23.2 Å². The van der Waals surface area contributed by atoms with Crippen LogP contribution in [-0.2, 0) is 25.6 Å². The minimum absolute atomic E-state index is 0.0255. The standard InChI is InChI=1S/C20H26FNO5S/c1-3-22(10-6-15(2)26-20(24)27-21)19(23)8-12-25-11-7-16-4-5-18-17(14-16)9-13-28-18/h4-5,9,13-15H,3,6-8,10-12H2,1-2H3. The summed E-state index contributed by atoms with van der Waals surface area (Å²) in [4.78, 5) is 27.6. The van der Waals surface area contributed by atoms with Gasteiger partial charge in [-0.3, -0.25) is 4.79 Å². The molecule has 0 aliphatic heterocycles. The third-order valence-corrected chi connectivity index (χ3v) is 5.31. The van der Waals surface area contributed by atoms with Crippen LogP contribution in [0.5, 0.6) is 0 Å². The zero-order valence-corrected chi connectivity index (χ0v) is 17.0. The van der Waals surface area contributed by atoms with Gasteiger partial charge in [-0.25, -0.2) is 9.74 Å². The summed E-state index contributed by atoms with van der Waals surface area (Å²) < 4.78 is 23.2. The molecule has 154 valence electrons. The second-order valence-corrected chi connectivity index (χ2v) is 7.37. The zero-order chi connectivity index (χ0) is 20.4. The van der Waals surface area contributed by atoms with E-state index in [9.17, 15) is 14.1 Å². The SMILES string of the molecule is CCN(CCC(C)OC(=O)OF)C(=O)CCOCCc1ccc2sccc2c1. The van der Waals surface area contributed by atoms with Gasteiger partial charge in [0.05, 0.1) is 19.6 Å². The van der Waals surface area contributed by atoms with Gasteiger partial charge in [0.2, 0.25) is 5.91 Å². The minimum Gasteiger partial charge on any atom is -0.429 e. The van der Waals surface area contributed by atoms with Crippen LogP contribution in [-0.4, -0.2) is 49.4 Å². The van der Waals surface area contributed by atoms with Gasteiger partial charge in [0.1, 0.15) is 6.10 Å². The lowest BCUT2D eigenvalue weighted by molar-refractivity contribution is -0.132. The van der Waals surface area contributed by atoms with Crippen LogP contribution in [0.25, 0.3) is 10.1 Å². The zero-order valence-electron chi connectivity index (χ0n) is 16.2. The molecule has 1 heterocycles. The van der Waals surface area contributed by atoms with Crippen LogP contribution >= 0.6 is 11.3 Å². The number of ether oxygens (including phenoxy) is 2. The summed E-state index contributed by atoms with van der Waals surface area (Å²) in [5, 5.41) is 3.32. The minimum atomic E-state index is -1.37. The first kappa shape index (κ1) is 22.1. The van der Waals surface area contributed by atoms with Crippen molar-refractivity contribution in [3.8, 4) is 0 Å². The van der Waals surface area contributed by atoms with Crippen molar-refractivity contribution in [2.24, 2.45) is 0 Å². The van der Waals surface area contributed by atoms with Crippen molar-refractivity contribution in [3.05, 3.63) is 35.2 Å². The fraction of sp³-hybridized carbons (Fsp3) is 0.500. The number of carbonyl (C=O) groups excluding carboxylic acids is 2. The number of benzene rings is 1. The third-order valence-electron chi connectivity index (χ3n) is 4.41. The van der Waals surface area contributed by atoms with Crippen molar-refractivity contribution in [2.75, 3.05) is 26.3 Å². The maximum Gasteiger partial charge on any atom is 0.545 e. The van der Waals surface area contributed by atoms with Crippen LogP contribution in [0.1, 0.15) is 32.3 Å². The number of hydrogen-bond donors (Lipinski definition) is 0. The molecule has 1 amide bonds. The van der Waals surface area contributed by atoms with Gasteiger partial charge in [-0.2, -0.15) is 0 Å². The number of hydrogen-bond acceptors (Lipinski definition) is 6. The van der Waals surface area contributed by atoms with Gasteiger partial charge in [-0.05, 0) is 48.7 Å². The highest BCUT2D eigenvalue weighted by atomic mass is 32.1. The quantitative estimate of drug-likeness (QED) is 0.402. The monoisotopic (exact) mass is 411 g/mol. The maximum absolute atomic E-state index is 12.3.